The van der Waals surface area contributed by atoms with Crippen LogP contribution in [0.4, 0.5) is 5.82 Å². The Morgan fingerprint density at radius 2 is 1.97 bits per heavy atom. The van der Waals surface area contributed by atoms with Gasteiger partial charge in [0.15, 0.2) is 6.04 Å². The second-order valence-corrected chi connectivity index (χ2v) is 10.1. The van der Waals surface area contributed by atoms with Crippen molar-refractivity contribution in [2.45, 2.75) is 82.9 Å². The number of carboxylic acids is 1. The van der Waals surface area contributed by atoms with Gasteiger partial charge in [-0.2, -0.15) is 0 Å². The van der Waals surface area contributed by atoms with Gasteiger partial charge in [-0.1, -0.05) is 6.07 Å². The third kappa shape index (κ3) is 6.82. The third-order valence-corrected chi connectivity index (χ3v) is 7.36. The van der Waals surface area contributed by atoms with Crippen molar-refractivity contribution in [2.24, 2.45) is 0 Å². The van der Waals surface area contributed by atoms with Crippen LogP contribution in [0.3, 0.4) is 0 Å². The molecule has 2 amide bonds. The first-order chi connectivity index (χ1) is 18.2. The Kier molecular flexibility index (Phi) is 8.87. The average molecular weight is 529 g/mol. The van der Waals surface area contributed by atoms with Crippen LogP contribution in [0.2, 0.25) is 0 Å². The summed E-state index contributed by atoms with van der Waals surface area (Å²) < 4.78 is 1.44. The van der Waals surface area contributed by atoms with E-state index in [4.69, 9.17) is 4.98 Å². The first kappa shape index (κ1) is 27.4. The lowest BCUT2D eigenvalue weighted by molar-refractivity contribution is -0.155. The summed E-state index contributed by atoms with van der Waals surface area (Å²) in [5, 5.41) is 37.6. The molecule has 206 valence electrons. The number of pyridine rings is 1. The highest BCUT2D eigenvalue weighted by Gasteiger charge is 2.45. The Bertz CT molecular complexity index is 1140. The molecule has 13 heteroatoms. The van der Waals surface area contributed by atoms with Gasteiger partial charge in [-0.15, -0.1) is 5.10 Å². The summed E-state index contributed by atoms with van der Waals surface area (Å²) >= 11 is 0. The average Bonchev–Trinajstić information content (AvgIpc) is 3.33. The predicted molar refractivity (Wildman–Crippen MR) is 136 cm³/mol. The molecule has 4 N–H and O–H groups in total. The van der Waals surface area contributed by atoms with Gasteiger partial charge in [-0.3, -0.25) is 9.59 Å². The number of carbonyl (C=O) groups is 3. The summed E-state index contributed by atoms with van der Waals surface area (Å²) in [5.74, 6) is -0.339. The largest absolute Gasteiger partial charge is 0.480 e. The Labute approximate surface area is 221 Å². The maximum Gasteiger partial charge on any atom is 0.329 e. The molecule has 0 saturated carbocycles. The highest BCUT2D eigenvalue weighted by molar-refractivity contribution is 5.84. The number of carboxylic acid groups (broad SMARTS) is 1. The lowest BCUT2D eigenvalue weighted by Gasteiger charge is -2.41. The van der Waals surface area contributed by atoms with Gasteiger partial charge in [0.05, 0.1) is 12.1 Å². The van der Waals surface area contributed by atoms with Crippen LogP contribution in [0.1, 0.15) is 62.0 Å². The minimum absolute atomic E-state index is 0.0140. The van der Waals surface area contributed by atoms with Crippen LogP contribution < -0.4 is 10.6 Å². The number of piperidine rings is 1. The smallest absolute Gasteiger partial charge is 0.329 e. The Hall–Kier alpha value is -3.61. The van der Waals surface area contributed by atoms with E-state index in [-0.39, 0.29) is 44.8 Å². The van der Waals surface area contributed by atoms with Gasteiger partial charge in [0.25, 0.3) is 0 Å². The van der Waals surface area contributed by atoms with Gasteiger partial charge in [-0.25, -0.2) is 14.5 Å². The first-order valence-electron chi connectivity index (χ1n) is 13.2. The SMILES string of the molecule is Cc1nnnn1CCC(=O)NC(C(=O)O)C1(O)CCN(C(=O)CCCCc2ccc3c(n2)NCCC3)CC1. The van der Waals surface area contributed by atoms with Gasteiger partial charge in [0.2, 0.25) is 11.8 Å². The number of carbonyl (C=O) groups excluding carboxylic acids is 2. The normalized spacial score (nSPS) is 17.3. The van der Waals surface area contributed by atoms with Crippen LogP contribution in [-0.2, 0) is 33.8 Å². The van der Waals surface area contributed by atoms with Crippen LogP contribution in [0.25, 0.3) is 0 Å². The fraction of sp³-hybridized carbons (Fsp3) is 0.640. The first-order valence-corrected chi connectivity index (χ1v) is 13.2. The Morgan fingerprint density at radius 1 is 1.18 bits per heavy atom. The van der Waals surface area contributed by atoms with Crippen molar-refractivity contribution in [1.29, 1.82) is 0 Å². The number of aliphatic carboxylic acids is 1. The fourth-order valence-electron chi connectivity index (χ4n) is 5.00. The minimum atomic E-state index is -1.64. The summed E-state index contributed by atoms with van der Waals surface area (Å²) in [7, 11) is 0. The molecular formula is C25H36N8O5. The maximum atomic E-state index is 12.7. The molecule has 38 heavy (non-hydrogen) atoms. The van der Waals surface area contributed by atoms with Gasteiger partial charge in [0, 0.05) is 38.2 Å². The highest BCUT2D eigenvalue weighted by Crippen LogP contribution is 2.27. The number of nitrogens with one attached hydrogen (secondary N) is 2. The number of amides is 2. The monoisotopic (exact) mass is 528 g/mol. The molecule has 13 nitrogen and oxygen atoms in total. The van der Waals surface area contributed by atoms with E-state index in [1.807, 2.05) is 0 Å². The van der Waals surface area contributed by atoms with Crippen molar-refractivity contribution in [1.82, 2.24) is 35.4 Å². The lowest BCUT2D eigenvalue weighted by atomic mass is 9.83. The third-order valence-electron chi connectivity index (χ3n) is 7.36. The van der Waals surface area contributed by atoms with Crippen molar-refractivity contribution in [3.63, 3.8) is 0 Å². The van der Waals surface area contributed by atoms with E-state index in [0.717, 1.165) is 50.2 Å². The van der Waals surface area contributed by atoms with E-state index in [9.17, 15) is 24.6 Å². The molecular weight excluding hydrogens is 492 g/mol. The summed E-state index contributed by atoms with van der Waals surface area (Å²) in [5.41, 5.74) is 0.627. The van der Waals surface area contributed by atoms with E-state index in [1.165, 1.54) is 10.2 Å². The molecule has 0 aliphatic carbocycles. The number of unbranched alkanes of at least 4 members (excludes halogenated alkanes) is 1. The number of aromatic nitrogens is 5. The zero-order valence-electron chi connectivity index (χ0n) is 21.7. The molecule has 1 saturated heterocycles. The lowest BCUT2D eigenvalue weighted by Crippen LogP contribution is -2.61. The minimum Gasteiger partial charge on any atom is -0.480 e. The molecule has 4 heterocycles. The summed E-state index contributed by atoms with van der Waals surface area (Å²) in [6, 6.07) is 2.72. The van der Waals surface area contributed by atoms with E-state index < -0.39 is 23.5 Å². The Balaban J connectivity index is 1.20. The number of tetrazole rings is 1. The molecule has 2 aliphatic heterocycles. The van der Waals surface area contributed by atoms with E-state index >= 15 is 0 Å². The van der Waals surface area contributed by atoms with Crippen molar-refractivity contribution in [3.8, 4) is 0 Å². The molecule has 1 atom stereocenters. The van der Waals surface area contributed by atoms with Crippen LogP contribution in [0.15, 0.2) is 12.1 Å². The van der Waals surface area contributed by atoms with Gasteiger partial charge in [-0.05, 0) is 73.9 Å². The molecule has 0 spiro atoms. The summed E-state index contributed by atoms with van der Waals surface area (Å²) in [6.45, 7) is 3.30. The Morgan fingerprint density at radius 3 is 2.68 bits per heavy atom. The van der Waals surface area contributed by atoms with Crippen LogP contribution in [-0.4, -0.2) is 89.4 Å². The topological polar surface area (TPSA) is 175 Å². The molecule has 2 aromatic heterocycles. The number of hydrogen-bond acceptors (Lipinski definition) is 9. The van der Waals surface area contributed by atoms with Gasteiger partial charge in [0.1, 0.15) is 11.6 Å². The summed E-state index contributed by atoms with van der Waals surface area (Å²) in [6.07, 6.45) is 5.02. The maximum absolute atomic E-state index is 12.7. The van der Waals surface area contributed by atoms with Crippen LogP contribution in [0, 0.1) is 6.92 Å². The second kappa shape index (κ2) is 12.3. The molecule has 0 aromatic carbocycles. The number of nitrogens with zero attached hydrogens (tertiary/aromatic N) is 6. The molecule has 2 aliphatic rings. The van der Waals surface area contributed by atoms with Crippen molar-refractivity contribution in [3.05, 3.63) is 29.2 Å². The van der Waals surface area contributed by atoms with Crippen LogP contribution >= 0.6 is 0 Å². The highest BCUT2D eigenvalue weighted by atomic mass is 16.4. The van der Waals surface area contributed by atoms with E-state index in [2.05, 4.69) is 38.3 Å². The van der Waals surface area contributed by atoms with E-state index in [1.54, 1.807) is 11.8 Å². The van der Waals surface area contributed by atoms with Crippen LogP contribution in [0.5, 0.6) is 0 Å². The number of likely N-dealkylation sites (tertiary alicyclic amines) is 1. The number of hydrogen-bond donors (Lipinski definition) is 4. The molecule has 0 bridgehead atoms. The summed E-state index contributed by atoms with van der Waals surface area (Å²) in [4.78, 5) is 43.4. The fourth-order valence-corrected chi connectivity index (χ4v) is 5.00. The number of aliphatic hydroxyl groups is 1. The standard InChI is InChI=1S/C25H36N8O5/c1-17-29-30-31-33(17)14-10-20(34)28-22(24(36)37)25(38)11-15-32(16-12-25)21(35)7-3-2-6-19-9-8-18-5-4-13-26-23(18)27-19/h8-9,22,38H,2-7,10-16H2,1H3,(H,26,27)(H,28,34)(H,36,37). The number of rotatable bonds is 11. The van der Waals surface area contributed by atoms with Crippen molar-refractivity contribution < 1.29 is 24.6 Å². The molecule has 2 aromatic rings. The molecule has 4 rings (SSSR count). The zero-order valence-corrected chi connectivity index (χ0v) is 21.7. The predicted octanol–water partition coefficient (Wildman–Crippen LogP) is 0.461. The number of anilines is 1. The zero-order chi connectivity index (χ0) is 27.1. The molecule has 0 radical (unpaired) electrons. The van der Waals surface area contributed by atoms with Crippen molar-refractivity contribution >= 4 is 23.6 Å². The second-order valence-electron chi connectivity index (χ2n) is 10.1. The quantitative estimate of drug-likeness (QED) is 0.300. The van der Waals surface area contributed by atoms with Crippen molar-refractivity contribution in [2.75, 3.05) is 25.0 Å². The van der Waals surface area contributed by atoms with E-state index in [0.29, 0.717) is 12.2 Å². The molecule has 1 fully saturated rings. The van der Waals surface area contributed by atoms with Gasteiger partial charge < -0.3 is 25.7 Å². The van der Waals surface area contributed by atoms with Gasteiger partial charge >= 0.3 is 5.97 Å². The molecule has 1 unspecified atom stereocenters. The number of fused-ring (bicyclic) bond motifs is 1. The number of aryl methyl sites for hydroxylation is 4.